The van der Waals surface area contributed by atoms with Gasteiger partial charge in [0, 0.05) is 18.8 Å². The van der Waals surface area contributed by atoms with E-state index in [1.807, 2.05) is 0 Å². The highest BCUT2D eigenvalue weighted by molar-refractivity contribution is 6.37. The smallest absolute Gasteiger partial charge is 0.259 e. The van der Waals surface area contributed by atoms with Crippen LogP contribution in [0.4, 0.5) is 0 Å². The van der Waals surface area contributed by atoms with E-state index in [2.05, 4.69) is 4.99 Å². The number of hydrogen-bond acceptors (Lipinski definition) is 5. The summed E-state index contributed by atoms with van der Waals surface area (Å²) in [5.41, 5.74) is 5.70. The number of aromatic hydroxyl groups is 1. The molecule has 6 nitrogen and oxygen atoms in total. The third-order valence-corrected chi connectivity index (χ3v) is 3.50. The number of phenolic OH excluding ortho intramolecular Hbond substituents is 1. The molecular formula is C13H13Cl2N3O3. The maximum atomic E-state index is 12.6. The Kier molecular flexibility index (Phi) is 4.59. The molecule has 0 aromatic heterocycles. The Hall–Kier alpha value is -1.92. The summed E-state index contributed by atoms with van der Waals surface area (Å²) in [5.74, 6) is 0.0352. The second kappa shape index (κ2) is 6.24. The zero-order valence-electron chi connectivity index (χ0n) is 11.1. The van der Waals surface area contributed by atoms with E-state index >= 15 is 0 Å². The van der Waals surface area contributed by atoms with Crippen molar-refractivity contribution in [2.75, 3.05) is 20.2 Å². The number of carbonyl (C=O) groups excluding carboxylic acids is 1. The molecule has 1 aromatic carbocycles. The molecule has 0 unspecified atom stereocenters. The Morgan fingerprint density at radius 3 is 2.62 bits per heavy atom. The van der Waals surface area contributed by atoms with Crippen LogP contribution in [0.25, 0.3) is 0 Å². The van der Waals surface area contributed by atoms with Crippen molar-refractivity contribution in [2.24, 2.45) is 10.7 Å². The normalized spacial score (nSPS) is 18.9. The van der Waals surface area contributed by atoms with Gasteiger partial charge < -0.3 is 15.6 Å². The number of carbonyl (C=O) groups is 1. The molecule has 0 spiro atoms. The minimum Gasteiger partial charge on any atom is -0.505 e. The molecule has 1 aliphatic rings. The van der Waals surface area contributed by atoms with Crippen LogP contribution in [0, 0.1) is 0 Å². The lowest BCUT2D eigenvalue weighted by Gasteiger charge is -2.30. The summed E-state index contributed by atoms with van der Waals surface area (Å²) in [7, 11) is 1.53. The first kappa shape index (κ1) is 15.5. The number of benzene rings is 1. The fraction of sp³-hybridized carbons (Fsp3) is 0.231. The van der Waals surface area contributed by atoms with Crippen LogP contribution in [0.1, 0.15) is 10.4 Å². The predicted octanol–water partition coefficient (Wildman–Crippen LogP) is 2.00. The van der Waals surface area contributed by atoms with E-state index < -0.39 is 0 Å². The molecular weight excluding hydrogens is 317 g/mol. The lowest BCUT2D eigenvalue weighted by atomic mass is 10.1. The molecule has 1 saturated heterocycles. The number of ether oxygens (including phenoxy) is 1. The third kappa shape index (κ3) is 2.91. The Morgan fingerprint density at radius 1 is 1.48 bits per heavy atom. The number of morpholine rings is 1. The molecule has 0 bridgehead atoms. The van der Waals surface area contributed by atoms with Gasteiger partial charge in [0.05, 0.1) is 16.6 Å². The van der Waals surface area contributed by atoms with E-state index in [0.717, 1.165) is 0 Å². The molecule has 1 aliphatic heterocycles. The van der Waals surface area contributed by atoms with Gasteiger partial charge in [0.1, 0.15) is 6.61 Å². The minimum atomic E-state index is -0.359. The first-order valence-corrected chi connectivity index (χ1v) is 6.77. The highest BCUT2D eigenvalue weighted by Crippen LogP contribution is 2.33. The molecule has 1 aromatic rings. The van der Waals surface area contributed by atoms with Gasteiger partial charge in [-0.2, -0.15) is 0 Å². The van der Waals surface area contributed by atoms with Crippen molar-refractivity contribution >= 4 is 34.9 Å². The molecule has 0 saturated carbocycles. The van der Waals surface area contributed by atoms with Crippen molar-refractivity contribution in [2.45, 2.75) is 0 Å². The van der Waals surface area contributed by atoms with Gasteiger partial charge >= 0.3 is 0 Å². The largest absolute Gasteiger partial charge is 0.505 e. The number of hydrogen-bond donors (Lipinski definition) is 2. The van der Waals surface area contributed by atoms with Crippen molar-refractivity contribution in [3.8, 4) is 5.75 Å². The van der Waals surface area contributed by atoms with Crippen LogP contribution in [0.15, 0.2) is 29.1 Å². The summed E-state index contributed by atoms with van der Waals surface area (Å²) >= 11 is 11.7. The quantitative estimate of drug-likeness (QED) is 0.824. The van der Waals surface area contributed by atoms with E-state index in [4.69, 9.17) is 33.7 Å². The summed E-state index contributed by atoms with van der Waals surface area (Å²) in [6, 6.07) is 2.69. The molecule has 0 atom stereocenters. The average molecular weight is 330 g/mol. The predicted molar refractivity (Wildman–Crippen MR) is 80.7 cm³/mol. The molecule has 112 valence electrons. The Bertz CT molecular complexity index is 621. The molecule has 2 rings (SSSR count). The van der Waals surface area contributed by atoms with Crippen molar-refractivity contribution < 1.29 is 14.6 Å². The van der Waals surface area contributed by atoms with Gasteiger partial charge in [0.2, 0.25) is 0 Å². The van der Waals surface area contributed by atoms with Gasteiger partial charge in [-0.25, -0.2) is 0 Å². The van der Waals surface area contributed by atoms with Gasteiger partial charge in [0.15, 0.2) is 17.3 Å². The van der Waals surface area contributed by atoms with Crippen LogP contribution in [-0.4, -0.2) is 41.9 Å². The maximum absolute atomic E-state index is 12.6. The first-order chi connectivity index (χ1) is 9.99. The molecule has 0 aliphatic carbocycles. The Labute approximate surface area is 131 Å². The fourth-order valence-corrected chi connectivity index (χ4v) is 2.43. The number of nitrogens with two attached hydrogens (primary N) is 1. The van der Waals surface area contributed by atoms with Gasteiger partial charge in [-0.3, -0.25) is 14.7 Å². The van der Waals surface area contributed by atoms with Gasteiger partial charge in [0.25, 0.3) is 5.91 Å². The molecule has 0 radical (unpaired) electrons. The molecule has 8 heteroatoms. The highest BCUT2D eigenvalue weighted by Gasteiger charge is 2.29. The van der Waals surface area contributed by atoms with E-state index in [1.54, 1.807) is 0 Å². The van der Waals surface area contributed by atoms with Gasteiger partial charge in [-0.15, -0.1) is 0 Å². The molecule has 21 heavy (non-hydrogen) atoms. The lowest BCUT2D eigenvalue weighted by Crippen LogP contribution is -2.44. The topological polar surface area (TPSA) is 88.2 Å². The molecule has 1 amide bonds. The standard InChI is InChI=1S/C13H13Cl2N3O3/c1-17-12-10(6-16)21-3-2-18(12)13(20)7-4-8(14)11(19)9(15)5-7/h4-6,19H,2-3,16H2,1H3. The monoisotopic (exact) mass is 329 g/mol. The summed E-state index contributed by atoms with van der Waals surface area (Å²) in [5, 5.41) is 9.55. The van der Waals surface area contributed by atoms with Crippen molar-refractivity contribution in [1.29, 1.82) is 0 Å². The summed E-state index contributed by atoms with van der Waals surface area (Å²) < 4.78 is 5.33. The van der Waals surface area contributed by atoms with Crippen molar-refractivity contribution in [3.05, 3.63) is 39.7 Å². The second-order valence-corrected chi connectivity index (χ2v) is 4.99. The number of amides is 1. The van der Waals surface area contributed by atoms with Crippen LogP contribution < -0.4 is 5.73 Å². The van der Waals surface area contributed by atoms with Gasteiger partial charge in [-0.1, -0.05) is 23.2 Å². The molecule has 1 heterocycles. The second-order valence-electron chi connectivity index (χ2n) is 4.17. The van der Waals surface area contributed by atoms with Crippen LogP contribution in [-0.2, 0) is 4.74 Å². The number of aliphatic imine (C=N–C) groups is 1. The highest BCUT2D eigenvalue weighted by atomic mass is 35.5. The van der Waals surface area contributed by atoms with Crippen LogP contribution >= 0.6 is 23.2 Å². The number of phenols is 1. The first-order valence-electron chi connectivity index (χ1n) is 6.01. The van der Waals surface area contributed by atoms with Crippen LogP contribution in [0.3, 0.4) is 0 Å². The lowest BCUT2D eigenvalue weighted by molar-refractivity contribution is 0.0772. The van der Waals surface area contributed by atoms with Crippen LogP contribution in [0.2, 0.25) is 10.0 Å². The minimum absolute atomic E-state index is 0.00341. The van der Waals surface area contributed by atoms with Crippen molar-refractivity contribution in [1.82, 2.24) is 4.90 Å². The summed E-state index contributed by atoms with van der Waals surface area (Å²) in [4.78, 5) is 18.0. The molecule has 1 fully saturated rings. The number of rotatable bonds is 1. The van der Waals surface area contributed by atoms with E-state index in [9.17, 15) is 9.90 Å². The summed E-state index contributed by atoms with van der Waals surface area (Å²) in [6.45, 7) is 0.617. The number of nitrogens with zero attached hydrogens (tertiary/aromatic N) is 2. The number of amidine groups is 1. The summed E-state index contributed by atoms with van der Waals surface area (Å²) in [6.07, 6.45) is 1.25. The van der Waals surface area contributed by atoms with E-state index in [-0.39, 0.29) is 27.3 Å². The average Bonchev–Trinajstić information content (AvgIpc) is 2.50. The van der Waals surface area contributed by atoms with Crippen LogP contribution in [0.5, 0.6) is 5.75 Å². The zero-order valence-corrected chi connectivity index (χ0v) is 12.6. The van der Waals surface area contributed by atoms with E-state index in [1.165, 1.54) is 30.3 Å². The SMILES string of the molecule is CN=C1C(=CN)OCCN1C(=O)c1cc(Cl)c(O)c(Cl)c1. The third-order valence-electron chi connectivity index (χ3n) is 2.92. The van der Waals surface area contributed by atoms with Crippen molar-refractivity contribution in [3.63, 3.8) is 0 Å². The fourth-order valence-electron chi connectivity index (χ4n) is 1.95. The van der Waals surface area contributed by atoms with E-state index in [0.29, 0.717) is 24.7 Å². The Balaban J connectivity index is 2.39. The molecule has 3 N–H and O–H groups in total. The number of halogens is 2. The van der Waals surface area contributed by atoms with Gasteiger partial charge in [-0.05, 0) is 12.1 Å². The maximum Gasteiger partial charge on any atom is 0.259 e. The Morgan fingerprint density at radius 2 is 2.10 bits per heavy atom. The zero-order chi connectivity index (χ0) is 15.6.